The standard InChI is InChI=1S/C13H15F3N2O2/c14-13(15,16)8-18(5-6-19)12(20)10-7-17-11-4-2-1-3-9(10)11/h1-4,10,17,19H,5-8H2. The van der Waals surface area contributed by atoms with Gasteiger partial charge in [0.25, 0.3) is 0 Å². The summed E-state index contributed by atoms with van der Waals surface area (Å²) in [4.78, 5) is 12.9. The van der Waals surface area contributed by atoms with E-state index >= 15 is 0 Å². The lowest BCUT2D eigenvalue weighted by Crippen LogP contribution is -2.43. The monoisotopic (exact) mass is 288 g/mol. The quantitative estimate of drug-likeness (QED) is 0.884. The highest BCUT2D eigenvalue weighted by Crippen LogP contribution is 2.32. The van der Waals surface area contributed by atoms with Crippen molar-refractivity contribution >= 4 is 11.6 Å². The number of amides is 1. The number of hydrogen-bond donors (Lipinski definition) is 2. The second-order valence-corrected chi connectivity index (χ2v) is 4.62. The summed E-state index contributed by atoms with van der Waals surface area (Å²) in [5.41, 5.74) is 1.46. The number of carbonyl (C=O) groups is 1. The lowest BCUT2D eigenvalue weighted by molar-refractivity contribution is -0.162. The minimum atomic E-state index is -4.48. The van der Waals surface area contributed by atoms with E-state index in [9.17, 15) is 18.0 Å². The van der Waals surface area contributed by atoms with E-state index in [-0.39, 0.29) is 13.1 Å². The third-order valence-corrected chi connectivity index (χ3v) is 3.18. The number of hydrogen-bond acceptors (Lipinski definition) is 3. The van der Waals surface area contributed by atoms with Crippen LogP contribution in [0.3, 0.4) is 0 Å². The number of carbonyl (C=O) groups excluding carboxylic acids is 1. The van der Waals surface area contributed by atoms with Crippen LogP contribution in [-0.2, 0) is 4.79 Å². The molecule has 0 aliphatic carbocycles. The predicted molar refractivity (Wildman–Crippen MR) is 67.4 cm³/mol. The molecule has 0 aromatic heterocycles. The number of alkyl halides is 3. The predicted octanol–water partition coefficient (Wildman–Crippen LogP) is 1.58. The summed E-state index contributed by atoms with van der Waals surface area (Å²) in [5, 5.41) is 11.8. The van der Waals surface area contributed by atoms with Crippen molar-refractivity contribution in [3.8, 4) is 0 Å². The Labute approximate surface area is 114 Å². The van der Waals surface area contributed by atoms with Crippen molar-refractivity contribution in [2.45, 2.75) is 12.1 Å². The molecule has 1 atom stereocenters. The minimum absolute atomic E-state index is 0.276. The number of para-hydroxylation sites is 1. The van der Waals surface area contributed by atoms with Gasteiger partial charge in [-0.2, -0.15) is 13.2 Å². The van der Waals surface area contributed by atoms with Gasteiger partial charge in [-0.3, -0.25) is 4.79 Å². The maximum Gasteiger partial charge on any atom is 0.406 e. The highest BCUT2D eigenvalue weighted by atomic mass is 19.4. The zero-order chi connectivity index (χ0) is 14.8. The van der Waals surface area contributed by atoms with Gasteiger partial charge in [0.05, 0.1) is 12.5 Å². The molecule has 0 bridgehead atoms. The smallest absolute Gasteiger partial charge is 0.395 e. The number of nitrogens with one attached hydrogen (secondary N) is 1. The summed E-state index contributed by atoms with van der Waals surface area (Å²) in [6.45, 7) is -1.89. The van der Waals surface area contributed by atoms with Crippen molar-refractivity contribution < 1.29 is 23.1 Å². The van der Waals surface area contributed by atoms with E-state index in [0.717, 1.165) is 5.69 Å². The van der Waals surface area contributed by atoms with Gasteiger partial charge in [-0.05, 0) is 11.6 Å². The Kier molecular flexibility index (Phi) is 4.17. The van der Waals surface area contributed by atoms with Gasteiger partial charge in [0.2, 0.25) is 5.91 Å². The Morgan fingerprint density at radius 2 is 2.10 bits per heavy atom. The molecule has 2 N–H and O–H groups in total. The second kappa shape index (κ2) is 5.70. The molecular weight excluding hydrogens is 273 g/mol. The lowest BCUT2D eigenvalue weighted by atomic mass is 10.00. The first-order valence-electron chi connectivity index (χ1n) is 6.21. The summed E-state index contributed by atoms with van der Waals surface area (Å²) in [6, 6.07) is 7.04. The van der Waals surface area contributed by atoms with Crippen LogP contribution in [0, 0.1) is 0 Å². The average molecular weight is 288 g/mol. The molecule has 1 aliphatic heterocycles. The molecule has 0 spiro atoms. The number of benzene rings is 1. The number of nitrogens with zero attached hydrogens (tertiary/aromatic N) is 1. The van der Waals surface area contributed by atoms with Gasteiger partial charge in [-0.25, -0.2) is 0 Å². The molecule has 0 saturated carbocycles. The third kappa shape index (κ3) is 3.22. The Bertz CT molecular complexity index is 491. The maximum absolute atomic E-state index is 12.5. The number of fused-ring (bicyclic) bond motifs is 1. The minimum Gasteiger partial charge on any atom is -0.395 e. The largest absolute Gasteiger partial charge is 0.406 e. The molecule has 110 valence electrons. The Hall–Kier alpha value is -1.76. The van der Waals surface area contributed by atoms with Crippen LogP contribution in [0.2, 0.25) is 0 Å². The van der Waals surface area contributed by atoms with Crippen molar-refractivity contribution in [2.75, 3.05) is 31.6 Å². The number of aliphatic hydroxyl groups excluding tert-OH is 1. The second-order valence-electron chi connectivity index (χ2n) is 4.62. The van der Waals surface area contributed by atoms with E-state index in [0.29, 0.717) is 10.5 Å². The van der Waals surface area contributed by atoms with Crippen LogP contribution in [0.4, 0.5) is 18.9 Å². The Morgan fingerprint density at radius 1 is 1.40 bits per heavy atom. The lowest BCUT2D eigenvalue weighted by Gasteiger charge is -2.26. The summed E-state index contributed by atoms with van der Waals surface area (Å²) < 4.78 is 37.4. The van der Waals surface area contributed by atoms with Crippen LogP contribution in [0.25, 0.3) is 0 Å². The van der Waals surface area contributed by atoms with E-state index in [1.54, 1.807) is 24.3 Å². The summed E-state index contributed by atoms with van der Waals surface area (Å²) in [5.74, 6) is -1.26. The molecule has 1 amide bonds. The van der Waals surface area contributed by atoms with Crippen molar-refractivity contribution in [1.29, 1.82) is 0 Å². The van der Waals surface area contributed by atoms with Crippen LogP contribution in [0.1, 0.15) is 11.5 Å². The molecule has 1 unspecified atom stereocenters. The molecule has 0 fully saturated rings. The van der Waals surface area contributed by atoms with Crippen LogP contribution in [0.15, 0.2) is 24.3 Å². The van der Waals surface area contributed by atoms with Gasteiger partial charge in [-0.15, -0.1) is 0 Å². The van der Waals surface area contributed by atoms with E-state index < -0.39 is 31.2 Å². The highest BCUT2D eigenvalue weighted by Gasteiger charge is 2.37. The van der Waals surface area contributed by atoms with Crippen LogP contribution in [0.5, 0.6) is 0 Å². The van der Waals surface area contributed by atoms with Crippen molar-refractivity contribution in [1.82, 2.24) is 4.90 Å². The van der Waals surface area contributed by atoms with Gasteiger partial charge >= 0.3 is 6.18 Å². The van der Waals surface area contributed by atoms with Gasteiger partial charge in [0, 0.05) is 18.8 Å². The molecule has 7 heteroatoms. The van der Waals surface area contributed by atoms with E-state index in [2.05, 4.69) is 5.32 Å². The Morgan fingerprint density at radius 3 is 2.75 bits per heavy atom. The van der Waals surface area contributed by atoms with E-state index in [4.69, 9.17) is 5.11 Å². The normalized spacial score (nSPS) is 17.5. The molecule has 1 aromatic carbocycles. The van der Waals surface area contributed by atoms with Gasteiger partial charge < -0.3 is 15.3 Å². The van der Waals surface area contributed by atoms with Crippen LogP contribution in [-0.4, -0.2) is 48.3 Å². The zero-order valence-corrected chi connectivity index (χ0v) is 10.7. The van der Waals surface area contributed by atoms with Crippen molar-refractivity contribution in [3.05, 3.63) is 29.8 Å². The molecule has 2 rings (SSSR count). The van der Waals surface area contributed by atoms with Crippen LogP contribution >= 0.6 is 0 Å². The molecule has 1 aliphatic rings. The molecule has 4 nitrogen and oxygen atoms in total. The first kappa shape index (κ1) is 14.6. The number of rotatable bonds is 4. The van der Waals surface area contributed by atoms with Gasteiger partial charge in [0.1, 0.15) is 6.54 Å². The molecule has 1 heterocycles. The highest BCUT2D eigenvalue weighted by molar-refractivity contribution is 5.88. The maximum atomic E-state index is 12.5. The topological polar surface area (TPSA) is 52.6 Å². The molecule has 0 saturated heterocycles. The van der Waals surface area contributed by atoms with Gasteiger partial charge in [0.15, 0.2) is 0 Å². The first-order chi connectivity index (χ1) is 9.42. The number of halogens is 3. The summed E-state index contributed by atoms with van der Waals surface area (Å²) in [7, 11) is 0. The number of anilines is 1. The Balaban J connectivity index is 2.17. The van der Waals surface area contributed by atoms with E-state index in [1.165, 1.54) is 0 Å². The van der Waals surface area contributed by atoms with Crippen molar-refractivity contribution in [2.24, 2.45) is 0 Å². The first-order valence-corrected chi connectivity index (χ1v) is 6.21. The van der Waals surface area contributed by atoms with Crippen molar-refractivity contribution in [3.63, 3.8) is 0 Å². The van der Waals surface area contributed by atoms with Crippen LogP contribution < -0.4 is 5.32 Å². The molecular formula is C13H15F3N2O2. The average Bonchev–Trinajstić information content (AvgIpc) is 2.79. The van der Waals surface area contributed by atoms with E-state index in [1.807, 2.05) is 0 Å². The summed E-state index contributed by atoms with van der Waals surface area (Å²) >= 11 is 0. The zero-order valence-electron chi connectivity index (χ0n) is 10.7. The van der Waals surface area contributed by atoms with Gasteiger partial charge in [-0.1, -0.05) is 18.2 Å². The molecule has 0 radical (unpaired) electrons. The fourth-order valence-corrected chi connectivity index (χ4v) is 2.33. The SMILES string of the molecule is O=C(C1CNc2ccccc21)N(CCO)CC(F)(F)F. The number of aliphatic hydroxyl groups is 1. The summed E-state index contributed by atoms with van der Waals surface area (Å²) in [6.07, 6.45) is -4.48. The molecule has 20 heavy (non-hydrogen) atoms. The molecule has 1 aromatic rings. The third-order valence-electron chi connectivity index (χ3n) is 3.18. The fraction of sp³-hybridized carbons (Fsp3) is 0.462. The fourth-order valence-electron chi connectivity index (χ4n) is 2.33.